The van der Waals surface area contributed by atoms with Gasteiger partial charge in [-0.15, -0.1) is 0 Å². The summed E-state index contributed by atoms with van der Waals surface area (Å²) in [7, 11) is 0. The summed E-state index contributed by atoms with van der Waals surface area (Å²) in [6, 6.07) is 0. The zero-order valence-corrected chi connectivity index (χ0v) is 27.0. The fourth-order valence-electron chi connectivity index (χ4n) is 11.9. The summed E-state index contributed by atoms with van der Waals surface area (Å²) >= 11 is 0. The molecule has 1 aliphatic heterocycles. The Hall–Kier alpha value is -0.580. The average Bonchev–Trinajstić information content (AvgIpc) is 2.98. The summed E-state index contributed by atoms with van der Waals surface area (Å²) in [6.45, 7) is 11.8. The highest BCUT2D eigenvalue weighted by molar-refractivity contribution is 5.29. The standard InChI is InChI=1S/C35H58O8/c1-31(2)24-9-11-33(4)21-8-13-35(19-38)15-14-32(3,18-37)16-22(35)20(21)6-7-25(33)34(24,5)12-10-26(31)43-30-29(41)28(40)27(39)23(17-36)42-30/h6,21-30,36-41H,7-19H2,1-5H3. The molecule has 6 N–H and O–H groups in total. The van der Waals surface area contributed by atoms with Crippen LogP contribution in [0.3, 0.4) is 0 Å². The van der Waals surface area contributed by atoms with Crippen LogP contribution >= 0.6 is 0 Å². The summed E-state index contributed by atoms with van der Waals surface area (Å²) in [5.74, 6) is 1.81. The van der Waals surface area contributed by atoms with Crippen LogP contribution in [0.5, 0.6) is 0 Å². The fraction of sp³-hybridized carbons (Fsp3) is 0.943. The molecule has 5 aliphatic carbocycles. The van der Waals surface area contributed by atoms with Crippen molar-refractivity contribution < 1.29 is 40.1 Å². The van der Waals surface area contributed by atoms with Crippen molar-refractivity contribution in [2.75, 3.05) is 19.8 Å². The van der Waals surface area contributed by atoms with Crippen LogP contribution in [0.2, 0.25) is 0 Å². The van der Waals surface area contributed by atoms with Crippen molar-refractivity contribution in [1.82, 2.24) is 0 Å². The quantitative estimate of drug-likeness (QED) is 0.206. The second kappa shape index (κ2) is 11.0. The van der Waals surface area contributed by atoms with Gasteiger partial charge in [-0.3, -0.25) is 0 Å². The van der Waals surface area contributed by atoms with Gasteiger partial charge in [0.15, 0.2) is 6.29 Å². The number of aliphatic hydroxyl groups is 6. The average molecular weight is 607 g/mol. The van der Waals surface area contributed by atoms with Gasteiger partial charge in [-0.25, -0.2) is 0 Å². The summed E-state index contributed by atoms with van der Waals surface area (Å²) in [5, 5.41) is 61.9. The van der Waals surface area contributed by atoms with Gasteiger partial charge in [-0.1, -0.05) is 46.3 Å². The summed E-state index contributed by atoms with van der Waals surface area (Å²) in [5.41, 5.74) is 1.57. The van der Waals surface area contributed by atoms with Gasteiger partial charge in [0.2, 0.25) is 0 Å². The number of aliphatic hydroxyl groups excluding tert-OH is 6. The van der Waals surface area contributed by atoms with Crippen molar-refractivity contribution in [2.45, 2.75) is 136 Å². The van der Waals surface area contributed by atoms with Crippen LogP contribution in [-0.4, -0.2) is 87.3 Å². The van der Waals surface area contributed by atoms with Gasteiger partial charge in [0.25, 0.3) is 0 Å². The summed E-state index contributed by atoms with van der Waals surface area (Å²) < 4.78 is 12.2. The minimum atomic E-state index is -1.44. The second-order valence-corrected chi connectivity index (χ2v) is 17.1. The van der Waals surface area contributed by atoms with E-state index in [1.807, 2.05) is 0 Å². The van der Waals surface area contributed by atoms with Crippen LogP contribution in [0.4, 0.5) is 0 Å². The molecule has 8 nitrogen and oxygen atoms in total. The van der Waals surface area contributed by atoms with Gasteiger partial charge < -0.3 is 40.1 Å². The highest BCUT2D eigenvalue weighted by Crippen LogP contribution is 2.72. The number of fused-ring (bicyclic) bond motifs is 7. The number of allylic oxidation sites excluding steroid dienone is 2. The molecule has 6 aliphatic rings. The van der Waals surface area contributed by atoms with Crippen LogP contribution in [-0.2, 0) is 9.47 Å². The van der Waals surface area contributed by atoms with Crippen LogP contribution in [0, 0.1) is 50.7 Å². The molecule has 14 unspecified atom stereocenters. The van der Waals surface area contributed by atoms with E-state index in [9.17, 15) is 30.6 Å². The van der Waals surface area contributed by atoms with Gasteiger partial charge >= 0.3 is 0 Å². The molecule has 0 bridgehead atoms. The maximum absolute atomic E-state index is 10.7. The lowest BCUT2D eigenvalue weighted by atomic mass is 9.37. The van der Waals surface area contributed by atoms with Crippen LogP contribution in [0.15, 0.2) is 11.6 Å². The molecule has 5 fully saturated rings. The first-order valence-corrected chi connectivity index (χ1v) is 17.1. The van der Waals surface area contributed by atoms with E-state index in [2.05, 4.69) is 40.7 Å². The topological polar surface area (TPSA) is 140 Å². The lowest BCUT2D eigenvalue weighted by Gasteiger charge is -2.68. The minimum Gasteiger partial charge on any atom is -0.396 e. The third kappa shape index (κ3) is 4.75. The Morgan fingerprint density at radius 2 is 1.49 bits per heavy atom. The largest absolute Gasteiger partial charge is 0.396 e. The number of rotatable bonds is 5. The Labute approximate surface area is 257 Å². The molecule has 0 spiro atoms. The molecule has 246 valence electrons. The van der Waals surface area contributed by atoms with Gasteiger partial charge in [-0.05, 0) is 110 Å². The summed E-state index contributed by atoms with van der Waals surface area (Å²) in [6.07, 6.45) is 6.36. The second-order valence-electron chi connectivity index (χ2n) is 17.1. The molecular weight excluding hydrogens is 548 g/mol. The minimum absolute atomic E-state index is 0.0386. The van der Waals surface area contributed by atoms with Crippen LogP contribution in [0.1, 0.15) is 98.8 Å². The SMILES string of the molecule is CC1(CO)CCC2(CO)CCC3C(=CCC4C3(C)CCC3C(C)(C)C(OC5OC(CO)C(O)C(O)C5O)CCC34C)C2C1. The normalized spacial score (nSPS) is 54.4. The smallest absolute Gasteiger partial charge is 0.186 e. The van der Waals surface area contributed by atoms with Gasteiger partial charge in [0, 0.05) is 18.6 Å². The predicted molar refractivity (Wildman–Crippen MR) is 162 cm³/mol. The molecular formula is C35H58O8. The molecule has 0 aromatic heterocycles. The molecule has 43 heavy (non-hydrogen) atoms. The fourth-order valence-corrected chi connectivity index (χ4v) is 11.9. The van der Waals surface area contributed by atoms with E-state index in [0.717, 1.165) is 64.2 Å². The molecule has 0 aromatic rings. The number of ether oxygens (including phenoxy) is 2. The Balaban J connectivity index is 1.25. The molecule has 8 heteroatoms. The monoisotopic (exact) mass is 606 g/mol. The Morgan fingerprint density at radius 1 is 0.767 bits per heavy atom. The van der Waals surface area contributed by atoms with E-state index in [-0.39, 0.29) is 46.4 Å². The number of hydrogen-bond acceptors (Lipinski definition) is 8. The third-order valence-corrected chi connectivity index (χ3v) is 14.7. The van der Waals surface area contributed by atoms with Crippen molar-refractivity contribution in [3.05, 3.63) is 11.6 Å². The highest BCUT2D eigenvalue weighted by atomic mass is 16.7. The predicted octanol–water partition coefficient (Wildman–Crippen LogP) is 3.55. The van der Waals surface area contributed by atoms with E-state index in [1.54, 1.807) is 5.57 Å². The van der Waals surface area contributed by atoms with Crippen molar-refractivity contribution in [2.24, 2.45) is 50.7 Å². The zero-order valence-electron chi connectivity index (χ0n) is 27.0. The molecule has 0 radical (unpaired) electrons. The summed E-state index contributed by atoms with van der Waals surface area (Å²) in [4.78, 5) is 0. The maximum atomic E-state index is 10.7. The first-order chi connectivity index (χ1) is 20.2. The van der Waals surface area contributed by atoms with E-state index >= 15 is 0 Å². The maximum Gasteiger partial charge on any atom is 0.186 e. The number of hydrogen-bond donors (Lipinski definition) is 6. The van der Waals surface area contributed by atoms with Gasteiger partial charge in [0.1, 0.15) is 24.4 Å². The first-order valence-electron chi connectivity index (χ1n) is 17.1. The van der Waals surface area contributed by atoms with E-state index in [0.29, 0.717) is 23.7 Å². The van der Waals surface area contributed by atoms with Crippen LogP contribution < -0.4 is 0 Å². The molecule has 1 heterocycles. The van der Waals surface area contributed by atoms with E-state index in [4.69, 9.17) is 9.47 Å². The Bertz CT molecular complexity index is 1080. The van der Waals surface area contributed by atoms with E-state index < -0.39 is 37.3 Å². The van der Waals surface area contributed by atoms with Crippen molar-refractivity contribution in [3.63, 3.8) is 0 Å². The van der Waals surface area contributed by atoms with E-state index in [1.165, 1.54) is 0 Å². The third-order valence-electron chi connectivity index (χ3n) is 14.7. The van der Waals surface area contributed by atoms with Gasteiger partial charge in [-0.2, -0.15) is 0 Å². The van der Waals surface area contributed by atoms with Crippen molar-refractivity contribution in [3.8, 4) is 0 Å². The zero-order chi connectivity index (χ0) is 31.2. The Kier molecular flexibility index (Phi) is 8.28. The van der Waals surface area contributed by atoms with Crippen molar-refractivity contribution in [1.29, 1.82) is 0 Å². The van der Waals surface area contributed by atoms with Crippen LogP contribution in [0.25, 0.3) is 0 Å². The molecule has 1 saturated heterocycles. The first kappa shape index (κ1) is 32.4. The Morgan fingerprint density at radius 3 is 2.16 bits per heavy atom. The lowest BCUT2D eigenvalue weighted by molar-refractivity contribution is -0.329. The molecule has 0 amide bonds. The van der Waals surface area contributed by atoms with Gasteiger partial charge in [0.05, 0.1) is 12.7 Å². The lowest BCUT2D eigenvalue weighted by Crippen LogP contribution is -2.64. The molecule has 14 atom stereocenters. The highest BCUT2D eigenvalue weighted by Gasteiger charge is 2.65. The molecule has 4 saturated carbocycles. The van der Waals surface area contributed by atoms with Crippen molar-refractivity contribution >= 4 is 0 Å². The molecule has 6 rings (SSSR count). The molecule has 0 aromatic carbocycles.